The molecule has 1 unspecified atom stereocenters. The number of rotatable bonds is 9. The van der Waals surface area contributed by atoms with Crippen LogP contribution < -0.4 is 14.2 Å². The highest BCUT2D eigenvalue weighted by Gasteiger charge is 2.37. The van der Waals surface area contributed by atoms with Crippen LogP contribution in [0.1, 0.15) is 54.0 Å². The van der Waals surface area contributed by atoms with Gasteiger partial charge in [0.1, 0.15) is 5.82 Å². The number of para-hydroxylation sites is 4. The Morgan fingerprint density at radius 3 is 2.17 bits per heavy atom. The van der Waals surface area contributed by atoms with Gasteiger partial charge in [-0.05, 0) is 84.8 Å². The van der Waals surface area contributed by atoms with Gasteiger partial charge in [0.15, 0.2) is 23.0 Å². The smallest absolute Gasteiger partial charge is 0.231 e. The maximum Gasteiger partial charge on any atom is 0.231 e. The minimum Gasteiger partial charge on any atom is -0.504 e. The third kappa shape index (κ3) is 5.58. The standard InChI is InChI=1S/C44H42N4O4.ClH/c1-50-42-25-33(32-23-39-31-24-41-40(51-27-52-41)22-28(31)18-21-46(39)26-34(32)43(42)49)44-45-35-14-6-9-17-38(35)48(44)20-11-3-2-10-19-47-36-15-7-4-12-29(36)30-13-5-8-16-37(30)47;/h4-9,12-17,22,24-25,39,49H,2-3,10-11,18-21,23,26-27H2,1H3;1H. The molecule has 2 aromatic heterocycles. The number of nitrogens with zero attached hydrogens (tertiary/aromatic N) is 4. The Bertz CT molecular complexity index is 2450. The first-order valence-electron chi connectivity index (χ1n) is 18.7. The van der Waals surface area contributed by atoms with Gasteiger partial charge in [0.2, 0.25) is 6.79 Å². The number of ether oxygens (including phenoxy) is 3. The molecule has 53 heavy (non-hydrogen) atoms. The molecular formula is C44H43ClN4O4. The lowest BCUT2D eigenvalue weighted by Crippen LogP contribution is -2.39. The van der Waals surface area contributed by atoms with Gasteiger partial charge in [-0.15, -0.1) is 12.4 Å². The summed E-state index contributed by atoms with van der Waals surface area (Å²) in [5.74, 6) is 3.34. The van der Waals surface area contributed by atoms with Gasteiger partial charge in [-0.1, -0.05) is 61.4 Å². The summed E-state index contributed by atoms with van der Waals surface area (Å²) in [6, 6.07) is 32.5. The first-order chi connectivity index (χ1) is 25.7. The number of aryl methyl sites for hydroxylation is 2. The quantitative estimate of drug-likeness (QED) is 0.149. The summed E-state index contributed by atoms with van der Waals surface area (Å²) < 4.78 is 22.2. The van der Waals surface area contributed by atoms with Gasteiger partial charge in [-0.2, -0.15) is 0 Å². The molecule has 3 aliphatic heterocycles. The molecule has 0 fully saturated rings. The summed E-state index contributed by atoms with van der Waals surface area (Å²) in [6.45, 7) is 3.71. The Morgan fingerprint density at radius 2 is 1.43 bits per heavy atom. The molecule has 8 nitrogen and oxygen atoms in total. The molecule has 0 saturated heterocycles. The van der Waals surface area contributed by atoms with Crippen LogP contribution in [0.25, 0.3) is 44.2 Å². The predicted molar refractivity (Wildman–Crippen MR) is 212 cm³/mol. The average molecular weight is 727 g/mol. The van der Waals surface area contributed by atoms with E-state index in [0.717, 1.165) is 103 Å². The van der Waals surface area contributed by atoms with Crippen LogP contribution in [-0.4, -0.2) is 44.6 Å². The summed E-state index contributed by atoms with van der Waals surface area (Å²) in [7, 11) is 1.64. The molecule has 5 heterocycles. The van der Waals surface area contributed by atoms with Crippen LogP contribution in [0.5, 0.6) is 23.0 Å². The molecule has 3 aliphatic rings. The SMILES string of the molecule is COc1cc(-c2nc3ccccc3n2CCCCCCn2c3ccccc3c3ccccc32)c2c(c1O)CN1CCc3cc4c(cc3C1C2)OCO4.Cl. The predicted octanol–water partition coefficient (Wildman–Crippen LogP) is 9.59. The zero-order valence-corrected chi connectivity index (χ0v) is 30.7. The molecule has 270 valence electrons. The summed E-state index contributed by atoms with van der Waals surface area (Å²) in [4.78, 5) is 7.75. The number of hydrogen-bond donors (Lipinski definition) is 1. The monoisotopic (exact) mass is 726 g/mol. The number of imidazole rings is 1. The molecule has 0 aliphatic carbocycles. The normalized spacial score (nSPS) is 16.1. The lowest BCUT2D eigenvalue weighted by atomic mass is 9.81. The van der Waals surface area contributed by atoms with Crippen molar-refractivity contribution in [2.45, 2.75) is 64.2 Å². The average Bonchev–Trinajstić information content (AvgIpc) is 3.89. The molecule has 1 atom stereocenters. The zero-order chi connectivity index (χ0) is 34.8. The fourth-order valence-electron chi connectivity index (χ4n) is 9.11. The number of halogens is 1. The van der Waals surface area contributed by atoms with Gasteiger partial charge >= 0.3 is 0 Å². The molecule has 10 rings (SSSR count). The molecule has 0 saturated carbocycles. The Morgan fingerprint density at radius 1 is 0.774 bits per heavy atom. The van der Waals surface area contributed by atoms with Gasteiger partial charge in [0, 0.05) is 65.2 Å². The van der Waals surface area contributed by atoms with Crippen LogP contribution in [0.2, 0.25) is 0 Å². The maximum atomic E-state index is 11.5. The Kier molecular flexibility index (Phi) is 8.67. The second-order valence-electron chi connectivity index (χ2n) is 14.5. The van der Waals surface area contributed by atoms with E-state index >= 15 is 0 Å². The van der Waals surface area contributed by atoms with Crippen molar-refractivity contribution in [1.29, 1.82) is 0 Å². The number of aromatic nitrogens is 3. The first kappa shape index (κ1) is 33.6. The molecule has 0 spiro atoms. The second-order valence-corrected chi connectivity index (χ2v) is 14.5. The highest BCUT2D eigenvalue weighted by Crippen LogP contribution is 2.49. The minimum absolute atomic E-state index is 0. The third-order valence-corrected chi connectivity index (χ3v) is 11.7. The van der Waals surface area contributed by atoms with E-state index in [1.165, 1.54) is 32.9 Å². The van der Waals surface area contributed by atoms with E-state index in [-0.39, 0.29) is 31.0 Å². The fraction of sp³-hybridized carbons (Fsp3) is 0.295. The van der Waals surface area contributed by atoms with Gasteiger partial charge in [0.05, 0.1) is 18.1 Å². The van der Waals surface area contributed by atoms with Crippen LogP contribution in [0.4, 0.5) is 0 Å². The number of phenolic OH excluding ortho intramolecular Hbond substituents is 1. The van der Waals surface area contributed by atoms with Crippen LogP contribution in [0.3, 0.4) is 0 Å². The lowest BCUT2D eigenvalue weighted by molar-refractivity contribution is 0.158. The van der Waals surface area contributed by atoms with E-state index < -0.39 is 0 Å². The van der Waals surface area contributed by atoms with Gasteiger partial charge < -0.3 is 28.5 Å². The maximum absolute atomic E-state index is 11.5. The van der Waals surface area contributed by atoms with Crippen molar-refractivity contribution >= 4 is 45.2 Å². The molecule has 0 amide bonds. The van der Waals surface area contributed by atoms with Crippen molar-refractivity contribution in [1.82, 2.24) is 19.0 Å². The summed E-state index contributed by atoms with van der Waals surface area (Å²) >= 11 is 0. The topological polar surface area (TPSA) is 73.9 Å². The number of aromatic hydroxyl groups is 1. The van der Waals surface area contributed by atoms with Crippen LogP contribution in [0.15, 0.2) is 91.0 Å². The lowest BCUT2D eigenvalue weighted by Gasteiger charge is -2.42. The van der Waals surface area contributed by atoms with Crippen LogP contribution in [-0.2, 0) is 32.5 Å². The molecule has 1 N–H and O–H groups in total. The van der Waals surface area contributed by atoms with Gasteiger partial charge in [0.25, 0.3) is 0 Å². The van der Waals surface area contributed by atoms with Crippen molar-refractivity contribution in [3.63, 3.8) is 0 Å². The van der Waals surface area contributed by atoms with E-state index in [4.69, 9.17) is 19.2 Å². The van der Waals surface area contributed by atoms with E-state index in [2.05, 4.69) is 99.0 Å². The van der Waals surface area contributed by atoms with Crippen molar-refractivity contribution in [3.05, 3.63) is 113 Å². The van der Waals surface area contributed by atoms with Crippen molar-refractivity contribution in [2.75, 3.05) is 20.4 Å². The van der Waals surface area contributed by atoms with Crippen molar-refractivity contribution in [2.24, 2.45) is 0 Å². The third-order valence-electron chi connectivity index (χ3n) is 11.7. The molecule has 9 heteroatoms. The zero-order valence-electron chi connectivity index (χ0n) is 29.9. The second kappa shape index (κ2) is 13.7. The van der Waals surface area contributed by atoms with Crippen molar-refractivity contribution in [3.8, 4) is 34.4 Å². The van der Waals surface area contributed by atoms with Crippen LogP contribution >= 0.6 is 12.4 Å². The van der Waals surface area contributed by atoms with Gasteiger partial charge in [-0.25, -0.2) is 4.98 Å². The molecule has 7 aromatic rings. The van der Waals surface area contributed by atoms with E-state index in [9.17, 15) is 5.11 Å². The first-order valence-corrected chi connectivity index (χ1v) is 18.7. The highest BCUT2D eigenvalue weighted by atomic mass is 35.5. The fourth-order valence-corrected chi connectivity index (χ4v) is 9.11. The summed E-state index contributed by atoms with van der Waals surface area (Å²) in [5.41, 5.74) is 10.5. The van der Waals surface area contributed by atoms with E-state index in [1.807, 2.05) is 6.07 Å². The molecule has 0 radical (unpaired) electrons. The highest BCUT2D eigenvalue weighted by molar-refractivity contribution is 6.07. The molecule has 0 bridgehead atoms. The van der Waals surface area contributed by atoms with E-state index in [0.29, 0.717) is 12.3 Å². The summed E-state index contributed by atoms with van der Waals surface area (Å²) in [6.07, 6.45) is 6.16. The van der Waals surface area contributed by atoms with Gasteiger partial charge in [-0.3, -0.25) is 4.90 Å². The van der Waals surface area contributed by atoms with Crippen molar-refractivity contribution < 1.29 is 19.3 Å². The number of benzene rings is 5. The molecular weight excluding hydrogens is 684 g/mol. The molecule has 5 aromatic carbocycles. The van der Waals surface area contributed by atoms with E-state index in [1.54, 1.807) is 7.11 Å². The number of unbranched alkanes of at least 4 members (excludes halogenated alkanes) is 3. The number of methoxy groups -OCH3 is 1. The number of phenols is 1. The largest absolute Gasteiger partial charge is 0.504 e. The Hall–Kier alpha value is -5.18. The summed E-state index contributed by atoms with van der Waals surface area (Å²) in [5, 5.41) is 14.2. The number of hydrogen-bond acceptors (Lipinski definition) is 6. The Labute approximate surface area is 314 Å². The minimum atomic E-state index is 0. The Balaban J connectivity index is 0.00000372. The van der Waals surface area contributed by atoms with Crippen LogP contribution in [0, 0.1) is 0 Å². The number of fused-ring (bicyclic) bond motifs is 9.